The number of aromatic nitrogens is 2. The van der Waals surface area contributed by atoms with E-state index in [4.69, 9.17) is 14.2 Å². The zero-order valence-electron chi connectivity index (χ0n) is 16.7. The second kappa shape index (κ2) is 8.54. The van der Waals surface area contributed by atoms with E-state index in [-0.39, 0.29) is 11.7 Å². The molecule has 0 aliphatic carbocycles. The largest absolute Gasteiger partial charge is 0.497 e. The minimum Gasteiger partial charge on any atom is -0.497 e. The average molecular weight is 418 g/mol. The molecule has 1 aromatic heterocycles. The number of fused-ring (bicyclic) bond motifs is 1. The zero-order valence-corrected chi connectivity index (χ0v) is 16.7. The Morgan fingerprint density at radius 2 is 1.74 bits per heavy atom. The van der Waals surface area contributed by atoms with Crippen molar-refractivity contribution in [3.63, 3.8) is 0 Å². The molecule has 0 aliphatic heterocycles. The van der Waals surface area contributed by atoms with Crippen LogP contribution in [0.2, 0.25) is 0 Å². The Labute approximate surface area is 177 Å². The Kier molecular flexibility index (Phi) is 5.48. The lowest BCUT2D eigenvalue weighted by atomic mass is 10.1. The molecule has 31 heavy (non-hydrogen) atoms. The van der Waals surface area contributed by atoms with Crippen LogP contribution in [0.4, 0.5) is 17.2 Å². The third kappa shape index (κ3) is 4.01. The van der Waals surface area contributed by atoms with Crippen LogP contribution in [0, 0.1) is 10.1 Å². The Balaban J connectivity index is 1.75. The molecule has 0 atom stereocenters. The van der Waals surface area contributed by atoms with Crippen molar-refractivity contribution in [1.82, 2.24) is 9.97 Å². The van der Waals surface area contributed by atoms with E-state index in [1.165, 1.54) is 20.5 Å². The van der Waals surface area contributed by atoms with Crippen LogP contribution in [-0.2, 0) is 0 Å². The molecule has 156 valence electrons. The third-order valence-electron chi connectivity index (χ3n) is 4.59. The molecule has 1 heterocycles. The summed E-state index contributed by atoms with van der Waals surface area (Å²) < 4.78 is 16.4. The van der Waals surface area contributed by atoms with Crippen LogP contribution in [0.5, 0.6) is 23.1 Å². The van der Waals surface area contributed by atoms with Crippen LogP contribution >= 0.6 is 0 Å². The van der Waals surface area contributed by atoms with Crippen molar-refractivity contribution in [2.75, 3.05) is 19.5 Å². The first-order valence-electron chi connectivity index (χ1n) is 9.24. The van der Waals surface area contributed by atoms with Crippen molar-refractivity contribution < 1.29 is 19.1 Å². The second-order valence-corrected chi connectivity index (χ2v) is 6.40. The molecule has 0 saturated heterocycles. The van der Waals surface area contributed by atoms with E-state index in [0.29, 0.717) is 22.9 Å². The summed E-state index contributed by atoms with van der Waals surface area (Å²) in [5.41, 5.74) is 0.0783. The Hall–Kier alpha value is -4.40. The van der Waals surface area contributed by atoms with Gasteiger partial charge in [-0.15, -0.1) is 0 Å². The lowest BCUT2D eigenvalue weighted by Crippen LogP contribution is -2.04. The predicted octanol–water partition coefficient (Wildman–Crippen LogP) is 5.09. The van der Waals surface area contributed by atoms with Crippen molar-refractivity contribution in [3.05, 3.63) is 77.1 Å². The van der Waals surface area contributed by atoms with Crippen LogP contribution in [0.15, 0.2) is 67.0 Å². The van der Waals surface area contributed by atoms with Crippen molar-refractivity contribution in [3.8, 4) is 23.1 Å². The fourth-order valence-corrected chi connectivity index (χ4v) is 3.11. The molecule has 4 aromatic rings. The lowest BCUT2D eigenvalue weighted by Gasteiger charge is -2.13. The summed E-state index contributed by atoms with van der Waals surface area (Å²) >= 11 is 0. The minimum absolute atomic E-state index is 0.0290. The molecular weight excluding hydrogens is 400 g/mol. The number of ether oxygens (including phenoxy) is 3. The van der Waals surface area contributed by atoms with Gasteiger partial charge in [-0.2, -0.15) is 4.98 Å². The Bertz CT molecular complexity index is 1260. The number of hydrogen-bond acceptors (Lipinski definition) is 8. The highest BCUT2D eigenvalue weighted by molar-refractivity contribution is 5.88. The fourth-order valence-electron chi connectivity index (χ4n) is 3.11. The van der Waals surface area contributed by atoms with Gasteiger partial charge >= 0.3 is 11.6 Å². The van der Waals surface area contributed by atoms with Crippen molar-refractivity contribution in [2.24, 2.45) is 0 Å². The van der Waals surface area contributed by atoms with Crippen LogP contribution in [-0.4, -0.2) is 29.1 Å². The van der Waals surface area contributed by atoms with E-state index in [0.717, 1.165) is 10.8 Å². The van der Waals surface area contributed by atoms with Gasteiger partial charge in [0.1, 0.15) is 23.6 Å². The number of nitro groups is 1. The molecule has 0 spiro atoms. The van der Waals surface area contributed by atoms with Crippen molar-refractivity contribution >= 4 is 28.0 Å². The molecule has 1 N–H and O–H groups in total. The molecule has 0 bridgehead atoms. The molecule has 0 amide bonds. The van der Waals surface area contributed by atoms with E-state index in [1.54, 1.807) is 24.3 Å². The standard InChI is InChI=1S/C22H18N4O5/c1-29-15-10-11-17(19(12-15)30-2)25-21-20(26(27)28)22(24-13-23-21)31-18-9-5-7-14-6-3-4-8-16(14)18/h3-13H,1-2H3,(H,23,24,25). The number of methoxy groups -OCH3 is 2. The normalized spacial score (nSPS) is 10.5. The topological polar surface area (TPSA) is 109 Å². The molecule has 0 fully saturated rings. The summed E-state index contributed by atoms with van der Waals surface area (Å²) in [6.45, 7) is 0. The fraction of sp³-hybridized carbons (Fsp3) is 0.0909. The highest BCUT2D eigenvalue weighted by Gasteiger charge is 2.26. The first-order valence-corrected chi connectivity index (χ1v) is 9.24. The molecule has 0 aliphatic rings. The van der Waals surface area contributed by atoms with Gasteiger partial charge in [0.05, 0.1) is 24.8 Å². The summed E-state index contributed by atoms with van der Waals surface area (Å²) in [6, 6.07) is 18.1. The first-order chi connectivity index (χ1) is 15.1. The molecular formula is C22H18N4O5. The number of hydrogen-bond donors (Lipinski definition) is 1. The number of nitrogens with one attached hydrogen (secondary N) is 1. The number of benzene rings is 3. The van der Waals surface area contributed by atoms with Crippen LogP contribution < -0.4 is 19.5 Å². The molecule has 0 saturated carbocycles. The van der Waals surface area contributed by atoms with Crippen molar-refractivity contribution in [1.29, 1.82) is 0 Å². The summed E-state index contributed by atoms with van der Waals surface area (Å²) in [7, 11) is 3.03. The molecule has 9 nitrogen and oxygen atoms in total. The minimum atomic E-state index is -0.585. The SMILES string of the molecule is COc1ccc(Nc2ncnc(Oc3cccc4ccccc34)c2[N+](=O)[O-])c(OC)c1. The summed E-state index contributed by atoms with van der Waals surface area (Å²) in [6.07, 6.45) is 1.20. The van der Waals surface area contributed by atoms with E-state index in [2.05, 4.69) is 15.3 Å². The summed E-state index contributed by atoms with van der Waals surface area (Å²) in [5, 5.41) is 16.6. The van der Waals surface area contributed by atoms with Gasteiger partial charge in [-0.1, -0.05) is 36.4 Å². The number of anilines is 2. The van der Waals surface area contributed by atoms with E-state index < -0.39 is 10.6 Å². The van der Waals surface area contributed by atoms with Gasteiger partial charge in [-0.3, -0.25) is 10.1 Å². The first kappa shape index (κ1) is 19.9. The third-order valence-corrected chi connectivity index (χ3v) is 4.59. The van der Waals surface area contributed by atoms with Gasteiger partial charge in [-0.05, 0) is 23.6 Å². The maximum atomic E-state index is 11.9. The van der Waals surface area contributed by atoms with Gasteiger partial charge in [-0.25, -0.2) is 4.98 Å². The maximum absolute atomic E-state index is 11.9. The van der Waals surface area contributed by atoms with E-state index in [9.17, 15) is 10.1 Å². The monoisotopic (exact) mass is 418 g/mol. The molecule has 4 rings (SSSR count). The zero-order chi connectivity index (χ0) is 21.8. The van der Waals surface area contributed by atoms with Gasteiger partial charge in [0.2, 0.25) is 5.82 Å². The smallest absolute Gasteiger partial charge is 0.373 e. The number of nitrogens with zero attached hydrogens (tertiary/aromatic N) is 3. The second-order valence-electron chi connectivity index (χ2n) is 6.40. The predicted molar refractivity (Wildman–Crippen MR) is 116 cm³/mol. The van der Waals surface area contributed by atoms with Crippen LogP contribution in [0.1, 0.15) is 0 Å². The molecule has 0 unspecified atom stereocenters. The quantitative estimate of drug-likeness (QED) is 0.326. The van der Waals surface area contributed by atoms with Crippen LogP contribution in [0.25, 0.3) is 10.8 Å². The molecule has 0 radical (unpaired) electrons. The lowest BCUT2D eigenvalue weighted by molar-refractivity contribution is -0.385. The summed E-state index contributed by atoms with van der Waals surface area (Å²) in [5.74, 6) is 1.27. The van der Waals surface area contributed by atoms with E-state index >= 15 is 0 Å². The van der Waals surface area contributed by atoms with Gasteiger partial charge in [0.15, 0.2) is 0 Å². The Morgan fingerprint density at radius 1 is 0.935 bits per heavy atom. The highest BCUT2D eigenvalue weighted by atomic mass is 16.6. The summed E-state index contributed by atoms with van der Waals surface area (Å²) in [4.78, 5) is 19.4. The molecule has 3 aromatic carbocycles. The molecule has 9 heteroatoms. The maximum Gasteiger partial charge on any atom is 0.373 e. The van der Waals surface area contributed by atoms with Gasteiger partial charge in [0.25, 0.3) is 0 Å². The highest BCUT2D eigenvalue weighted by Crippen LogP contribution is 2.39. The number of rotatable bonds is 7. The van der Waals surface area contributed by atoms with E-state index in [1.807, 2.05) is 36.4 Å². The van der Waals surface area contributed by atoms with Gasteiger partial charge in [0, 0.05) is 11.5 Å². The Morgan fingerprint density at radius 3 is 2.52 bits per heavy atom. The average Bonchev–Trinajstić information content (AvgIpc) is 2.79. The van der Waals surface area contributed by atoms with Crippen molar-refractivity contribution in [2.45, 2.75) is 0 Å². The van der Waals surface area contributed by atoms with Crippen LogP contribution in [0.3, 0.4) is 0 Å². The van der Waals surface area contributed by atoms with Gasteiger partial charge < -0.3 is 19.5 Å².